The van der Waals surface area contributed by atoms with Gasteiger partial charge in [0.15, 0.2) is 6.29 Å². The highest BCUT2D eigenvalue weighted by molar-refractivity contribution is 6.10. The molecule has 25 heavy (non-hydrogen) atoms. The number of amides is 1. The average Bonchev–Trinajstić information content (AvgIpc) is 2.88. The second-order valence-electron chi connectivity index (χ2n) is 6.16. The first-order valence-corrected chi connectivity index (χ1v) is 8.43. The fourth-order valence-electron chi connectivity index (χ4n) is 3.90. The van der Waals surface area contributed by atoms with Crippen LogP contribution in [-0.4, -0.2) is 25.4 Å². The van der Waals surface area contributed by atoms with Crippen molar-refractivity contribution in [1.82, 2.24) is 0 Å². The Morgan fingerprint density at radius 3 is 2.60 bits per heavy atom. The van der Waals surface area contributed by atoms with E-state index in [2.05, 4.69) is 5.32 Å². The number of carbonyl (C=O) groups excluding carboxylic acids is 1. The van der Waals surface area contributed by atoms with Crippen LogP contribution in [-0.2, 0) is 26.1 Å². The third kappa shape index (κ3) is 2.18. The van der Waals surface area contributed by atoms with Crippen LogP contribution in [0.3, 0.4) is 0 Å². The summed E-state index contributed by atoms with van der Waals surface area (Å²) < 4.78 is 17.1. The van der Waals surface area contributed by atoms with Gasteiger partial charge in [0.2, 0.25) is 5.91 Å². The molecule has 0 bridgehead atoms. The minimum atomic E-state index is -1.07. The van der Waals surface area contributed by atoms with Crippen molar-refractivity contribution in [2.24, 2.45) is 0 Å². The Morgan fingerprint density at radius 1 is 1.12 bits per heavy atom. The molecule has 6 heteroatoms. The fraction of sp³-hybridized carbons (Fsp3) is 0.368. The summed E-state index contributed by atoms with van der Waals surface area (Å²) in [4.78, 5) is 24.8. The number of fused-ring (bicyclic) bond motifs is 2. The van der Waals surface area contributed by atoms with Crippen LogP contribution in [0.2, 0.25) is 0 Å². The van der Waals surface area contributed by atoms with E-state index in [-0.39, 0.29) is 12.3 Å². The lowest BCUT2D eigenvalue weighted by Gasteiger charge is -2.38. The van der Waals surface area contributed by atoms with Crippen molar-refractivity contribution in [3.05, 3.63) is 52.1 Å². The number of hydrogen-bond donors (Lipinski definition) is 1. The van der Waals surface area contributed by atoms with Crippen LogP contribution in [0.25, 0.3) is 11.1 Å². The zero-order chi connectivity index (χ0) is 17.6. The lowest BCUT2D eigenvalue weighted by molar-refractivity contribution is -0.182. The molecule has 2 aromatic rings. The Balaban J connectivity index is 2.00. The molecular formula is C19H19NO5. The summed E-state index contributed by atoms with van der Waals surface area (Å²) in [6.45, 7) is 4.53. The van der Waals surface area contributed by atoms with Crippen molar-refractivity contribution in [3.8, 4) is 11.1 Å². The number of nitrogens with one attached hydrogen (secondary N) is 1. The van der Waals surface area contributed by atoms with Crippen LogP contribution < -0.4 is 10.9 Å². The summed E-state index contributed by atoms with van der Waals surface area (Å²) in [5.41, 5.74) is 1.80. The molecule has 1 aliphatic heterocycles. The fourth-order valence-corrected chi connectivity index (χ4v) is 3.90. The van der Waals surface area contributed by atoms with Gasteiger partial charge in [0.1, 0.15) is 11.2 Å². The number of benzene rings is 1. The molecule has 0 saturated carbocycles. The third-order valence-electron chi connectivity index (χ3n) is 4.84. The summed E-state index contributed by atoms with van der Waals surface area (Å²) in [7, 11) is 0. The standard InChI is InChI=1S/C19H19NO5/c1-3-23-18(24-4-2)19-10-14-11(8-9-15(21)25-14)12-6-5-7-13(16(12)19)20-17(19)22/h5-9,18H,3-4,10H2,1-2H3,(H,20,22). The molecule has 1 unspecified atom stereocenters. The van der Waals surface area contributed by atoms with Crippen LogP contribution in [0.1, 0.15) is 25.2 Å². The van der Waals surface area contributed by atoms with Gasteiger partial charge in [-0.15, -0.1) is 0 Å². The zero-order valence-corrected chi connectivity index (χ0v) is 14.1. The van der Waals surface area contributed by atoms with Gasteiger partial charge in [-0.05, 0) is 31.5 Å². The largest absolute Gasteiger partial charge is 0.427 e. The molecule has 4 rings (SSSR count). The molecule has 1 N–H and O–H groups in total. The van der Waals surface area contributed by atoms with Gasteiger partial charge in [0, 0.05) is 42.5 Å². The van der Waals surface area contributed by atoms with E-state index in [0.29, 0.717) is 19.0 Å². The van der Waals surface area contributed by atoms with Gasteiger partial charge in [-0.3, -0.25) is 4.79 Å². The molecule has 2 aliphatic rings. The van der Waals surface area contributed by atoms with Crippen molar-refractivity contribution in [3.63, 3.8) is 0 Å². The van der Waals surface area contributed by atoms with Crippen molar-refractivity contribution in [1.29, 1.82) is 0 Å². The molecule has 1 amide bonds. The Labute approximate surface area is 144 Å². The zero-order valence-electron chi connectivity index (χ0n) is 14.1. The van der Waals surface area contributed by atoms with Gasteiger partial charge >= 0.3 is 5.63 Å². The predicted molar refractivity (Wildman–Crippen MR) is 91.5 cm³/mol. The maximum absolute atomic E-state index is 13.1. The highest BCUT2D eigenvalue weighted by Crippen LogP contribution is 2.52. The van der Waals surface area contributed by atoms with Crippen molar-refractivity contribution in [2.45, 2.75) is 32.0 Å². The van der Waals surface area contributed by atoms with E-state index in [1.54, 1.807) is 6.07 Å². The Kier molecular flexibility index (Phi) is 3.74. The van der Waals surface area contributed by atoms with Crippen LogP contribution in [0.15, 0.2) is 39.5 Å². The summed E-state index contributed by atoms with van der Waals surface area (Å²) in [5, 5.41) is 2.95. The first kappa shape index (κ1) is 16.1. The molecular weight excluding hydrogens is 322 g/mol. The van der Waals surface area contributed by atoms with E-state index in [1.807, 2.05) is 32.0 Å². The molecule has 0 fully saturated rings. The normalized spacial score (nSPS) is 20.4. The number of carbonyl (C=O) groups is 1. The number of rotatable bonds is 5. The van der Waals surface area contributed by atoms with E-state index in [1.165, 1.54) is 6.07 Å². The minimum Gasteiger partial charge on any atom is -0.427 e. The molecule has 1 aliphatic carbocycles. The average molecular weight is 341 g/mol. The van der Waals surface area contributed by atoms with E-state index < -0.39 is 17.3 Å². The molecule has 2 heterocycles. The smallest absolute Gasteiger partial charge is 0.335 e. The van der Waals surface area contributed by atoms with Crippen molar-refractivity contribution in [2.75, 3.05) is 18.5 Å². The maximum Gasteiger partial charge on any atom is 0.335 e. The van der Waals surface area contributed by atoms with Crippen LogP contribution in [0, 0.1) is 0 Å². The van der Waals surface area contributed by atoms with E-state index in [4.69, 9.17) is 13.9 Å². The lowest BCUT2D eigenvalue weighted by Crippen LogP contribution is -2.51. The monoisotopic (exact) mass is 341 g/mol. The predicted octanol–water partition coefficient (Wildman–Crippen LogP) is 2.45. The van der Waals surface area contributed by atoms with E-state index in [0.717, 1.165) is 22.4 Å². The van der Waals surface area contributed by atoms with Crippen LogP contribution in [0.4, 0.5) is 5.69 Å². The summed E-state index contributed by atoms with van der Waals surface area (Å²) in [6.07, 6.45) is -0.539. The summed E-state index contributed by atoms with van der Waals surface area (Å²) in [6, 6.07) is 8.83. The topological polar surface area (TPSA) is 77.8 Å². The Hall–Kier alpha value is -2.44. The Bertz CT molecular complexity index is 897. The van der Waals surface area contributed by atoms with Gasteiger partial charge < -0.3 is 19.2 Å². The second kappa shape index (κ2) is 5.82. The van der Waals surface area contributed by atoms with Gasteiger partial charge in [-0.2, -0.15) is 0 Å². The highest BCUT2D eigenvalue weighted by atomic mass is 16.7. The Morgan fingerprint density at radius 2 is 1.88 bits per heavy atom. The molecule has 130 valence electrons. The van der Waals surface area contributed by atoms with Gasteiger partial charge in [-0.25, -0.2) is 4.79 Å². The highest BCUT2D eigenvalue weighted by Gasteiger charge is 2.58. The van der Waals surface area contributed by atoms with E-state index in [9.17, 15) is 9.59 Å². The summed E-state index contributed by atoms with van der Waals surface area (Å²) in [5.74, 6) is 0.289. The number of anilines is 1. The van der Waals surface area contributed by atoms with Crippen molar-refractivity contribution < 1.29 is 18.7 Å². The van der Waals surface area contributed by atoms with Gasteiger partial charge in [-0.1, -0.05) is 12.1 Å². The van der Waals surface area contributed by atoms with Crippen LogP contribution >= 0.6 is 0 Å². The number of ether oxygens (including phenoxy) is 2. The van der Waals surface area contributed by atoms with Gasteiger partial charge in [0.25, 0.3) is 0 Å². The molecule has 1 atom stereocenters. The van der Waals surface area contributed by atoms with Crippen LogP contribution in [0.5, 0.6) is 0 Å². The van der Waals surface area contributed by atoms with Crippen molar-refractivity contribution >= 4 is 11.6 Å². The first-order valence-electron chi connectivity index (χ1n) is 8.43. The molecule has 0 saturated heterocycles. The maximum atomic E-state index is 13.1. The molecule has 0 spiro atoms. The minimum absolute atomic E-state index is 0.195. The third-order valence-corrected chi connectivity index (χ3v) is 4.84. The number of hydrogen-bond acceptors (Lipinski definition) is 5. The molecule has 1 aromatic carbocycles. The first-order chi connectivity index (χ1) is 12.1. The molecule has 6 nitrogen and oxygen atoms in total. The quantitative estimate of drug-likeness (QED) is 0.845. The second-order valence-corrected chi connectivity index (χ2v) is 6.16. The SMILES string of the molecule is CCOC(OCC)C12Cc3oc(=O)ccc3-c3cccc(c31)NC2=O. The lowest BCUT2D eigenvalue weighted by atomic mass is 9.69. The summed E-state index contributed by atoms with van der Waals surface area (Å²) >= 11 is 0. The molecule has 1 aromatic heterocycles. The van der Waals surface area contributed by atoms with E-state index >= 15 is 0 Å². The molecule has 0 radical (unpaired) electrons. The van der Waals surface area contributed by atoms with Gasteiger partial charge in [0.05, 0.1) is 0 Å².